The Morgan fingerprint density at radius 2 is 1.59 bits per heavy atom. The fraction of sp³-hybridized carbons (Fsp3) is 0.167. The molecular weight excluding hydrogens is 348 g/mol. The summed E-state index contributed by atoms with van der Waals surface area (Å²) in [4.78, 5) is 8.12. The number of benzene rings is 2. The van der Waals surface area contributed by atoms with Gasteiger partial charge in [0.1, 0.15) is 0 Å². The first kappa shape index (κ1) is 19.4. The average molecular weight is 368 g/mol. The minimum Gasteiger partial charge on any atom is -0.493 e. The molecule has 0 aliphatic carbocycles. The van der Waals surface area contributed by atoms with Crippen LogP contribution in [0.15, 0.2) is 46.4 Å². The lowest BCUT2D eigenvalue weighted by Crippen LogP contribution is -2.26. The van der Waals surface area contributed by atoms with Gasteiger partial charge in [0.05, 0.1) is 38.6 Å². The van der Waals surface area contributed by atoms with Crippen LogP contribution in [0.2, 0.25) is 0 Å². The van der Waals surface area contributed by atoms with E-state index in [0.29, 0.717) is 34.2 Å². The molecule has 0 aliphatic heterocycles. The monoisotopic (exact) mass is 368 g/mol. The van der Waals surface area contributed by atoms with Crippen molar-refractivity contribution < 1.29 is 14.2 Å². The Labute approximate surface area is 156 Å². The lowest BCUT2D eigenvalue weighted by Gasteiger charge is -2.14. The van der Waals surface area contributed by atoms with E-state index < -0.39 is 0 Å². The van der Waals surface area contributed by atoms with Crippen molar-refractivity contribution in [1.29, 1.82) is 5.26 Å². The lowest BCUT2D eigenvalue weighted by molar-refractivity contribution is 0.324. The van der Waals surface area contributed by atoms with Crippen LogP contribution in [-0.4, -0.2) is 33.2 Å². The van der Waals surface area contributed by atoms with E-state index >= 15 is 0 Å². The molecule has 0 saturated heterocycles. The number of nitrogens with one attached hydrogen (secondary N) is 1. The molecule has 2 rings (SSSR count). The number of hydrogen-bond acceptors (Lipinski definition) is 5. The average Bonchev–Trinajstić information content (AvgIpc) is 2.67. The van der Waals surface area contributed by atoms with E-state index in [1.807, 2.05) is 6.07 Å². The summed E-state index contributed by atoms with van der Waals surface area (Å²) in [5.74, 6) is 1.37. The van der Waals surface area contributed by atoms with Gasteiger partial charge >= 0.3 is 0 Å². The summed E-state index contributed by atoms with van der Waals surface area (Å²) in [6.07, 6.45) is 0. The SMILES string of the molecule is COc1cc(NC(N)=NC(N)=Nc2ccc(C#N)cc2)cc(OC)c1OC. The van der Waals surface area contributed by atoms with Crippen molar-refractivity contribution in [3.05, 3.63) is 42.0 Å². The Kier molecular flexibility index (Phi) is 6.44. The third-order valence-corrected chi connectivity index (χ3v) is 3.41. The molecule has 0 amide bonds. The van der Waals surface area contributed by atoms with E-state index in [4.69, 9.17) is 30.9 Å². The summed E-state index contributed by atoms with van der Waals surface area (Å²) < 4.78 is 15.8. The number of nitriles is 1. The van der Waals surface area contributed by atoms with Crippen molar-refractivity contribution in [3.8, 4) is 23.3 Å². The molecule has 27 heavy (non-hydrogen) atoms. The number of rotatable bonds is 5. The zero-order valence-corrected chi connectivity index (χ0v) is 15.2. The zero-order valence-electron chi connectivity index (χ0n) is 15.2. The largest absolute Gasteiger partial charge is 0.493 e. The molecular formula is C18H20N6O3. The Balaban J connectivity index is 2.21. The van der Waals surface area contributed by atoms with Crippen molar-refractivity contribution in [3.63, 3.8) is 0 Å². The number of guanidine groups is 2. The third kappa shape index (κ3) is 5.02. The highest BCUT2D eigenvalue weighted by atomic mass is 16.5. The summed E-state index contributed by atoms with van der Waals surface area (Å²) >= 11 is 0. The summed E-state index contributed by atoms with van der Waals surface area (Å²) in [6, 6.07) is 12.0. The Morgan fingerprint density at radius 3 is 2.07 bits per heavy atom. The molecule has 0 spiro atoms. The van der Waals surface area contributed by atoms with Crippen molar-refractivity contribution in [1.82, 2.24) is 0 Å². The fourth-order valence-electron chi connectivity index (χ4n) is 2.22. The van der Waals surface area contributed by atoms with Crippen LogP contribution in [-0.2, 0) is 0 Å². The molecule has 140 valence electrons. The van der Waals surface area contributed by atoms with Gasteiger partial charge in [-0.1, -0.05) is 0 Å². The normalized spacial score (nSPS) is 11.5. The van der Waals surface area contributed by atoms with E-state index in [-0.39, 0.29) is 11.9 Å². The molecule has 2 aromatic carbocycles. The highest BCUT2D eigenvalue weighted by Gasteiger charge is 2.13. The molecule has 2 aromatic rings. The molecule has 0 saturated carbocycles. The maximum absolute atomic E-state index is 8.79. The lowest BCUT2D eigenvalue weighted by atomic mass is 10.2. The number of methoxy groups -OCH3 is 3. The van der Waals surface area contributed by atoms with Gasteiger partial charge in [0.2, 0.25) is 17.7 Å². The van der Waals surface area contributed by atoms with E-state index in [1.165, 1.54) is 21.3 Å². The Bertz CT molecular complexity index is 875. The van der Waals surface area contributed by atoms with Crippen molar-refractivity contribution in [2.75, 3.05) is 26.6 Å². The first-order valence-corrected chi connectivity index (χ1v) is 7.76. The Hall–Kier alpha value is -3.93. The van der Waals surface area contributed by atoms with Gasteiger partial charge in [-0.15, -0.1) is 0 Å². The summed E-state index contributed by atoms with van der Waals surface area (Å²) in [6.45, 7) is 0. The summed E-state index contributed by atoms with van der Waals surface area (Å²) in [7, 11) is 4.55. The van der Waals surface area contributed by atoms with E-state index in [1.54, 1.807) is 36.4 Å². The number of aliphatic imine (C=N–C) groups is 2. The molecule has 9 heteroatoms. The standard InChI is InChI=1S/C18H20N6O3/c1-25-14-8-13(9-15(26-2)16(14)27-3)23-18(21)24-17(20)22-12-6-4-11(10-19)5-7-12/h4-9H,1-3H3,(H5,20,21,22,23,24). The third-order valence-electron chi connectivity index (χ3n) is 3.41. The second kappa shape index (κ2) is 8.96. The molecule has 0 unspecified atom stereocenters. The molecule has 0 atom stereocenters. The fourth-order valence-corrected chi connectivity index (χ4v) is 2.22. The van der Waals surface area contributed by atoms with Crippen LogP contribution in [0.3, 0.4) is 0 Å². The predicted octanol–water partition coefficient (Wildman–Crippen LogP) is 1.96. The minimum absolute atomic E-state index is 0.0270. The first-order valence-electron chi connectivity index (χ1n) is 7.76. The first-order chi connectivity index (χ1) is 13.0. The zero-order chi connectivity index (χ0) is 19.8. The molecule has 9 nitrogen and oxygen atoms in total. The van der Waals surface area contributed by atoms with Gasteiger partial charge < -0.3 is 31.0 Å². The maximum Gasteiger partial charge on any atom is 0.223 e. The molecule has 0 aliphatic rings. The van der Waals surface area contributed by atoms with Gasteiger partial charge in [0.15, 0.2) is 11.5 Å². The van der Waals surface area contributed by atoms with Crippen LogP contribution in [0.4, 0.5) is 11.4 Å². The number of anilines is 1. The molecule has 0 heterocycles. The summed E-state index contributed by atoms with van der Waals surface area (Å²) in [5, 5.41) is 11.7. The van der Waals surface area contributed by atoms with Crippen LogP contribution in [0.25, 0.3) is 0 Å². The van der Waals surface area contributed by atoms with Gasteiger partial charge in [0.25, 0.3) is 0 Å². The molecule has 0 bridgehead atoms. The molecule has 0 aromatic heterocycles. The van der Waals surface area contributed by atoms with Crippen molar-refractivity contribution in [2.45, 2.75) is 0 Å². The van der Waals surface area contributed by atoms with Crippen LogP contribution >= 0.6 is 0 Å². The van der Waals surface area contributed by atoms with Crippen molar-refractivity contribution in [2.24, 2.45) is 21.5 Å². The quantitative estimate of drug-likeness (QED) is 0.541. The van der Waals surface area contributed by atoms with Gasteiger partial charge in [-0.2, -0.15) is 10.3 Å². The number of ether oxygens (including phenoxy) is 3. The molecule has 0 radical (unpaired) electrons. The van der Waals surface area contributed by atoms with Crippen molar-refractivity contribution >= 4 is 23.3 Å². The predicted molar refractivity (Wildman–Crippen MR) is 104 cm³/mol. The second-order valence-electron chi connectivity index (χ2n) is 5.16. The number of hydrogen-bond donors (Lipinski definition) is 3. The molecule has 0 fully saturated rings. The Morgan fingerprint density at radius 1 is 1.00 bits per heavy atom. The smallest absolute Gasteiger partial charge is 0.223 e. The van der Waals surface area contributed by atoms with E-state index in [2.05, 4.69) is 15.3 Å². The second-order valence-corrected chi connectivity index (χ2v) is 5.16. The van der Waals surface area contributed by atoms with E-state index in [0.717, 1.165) is 0 Å². The van der Waals surface area contributed by atoms with Gasteiger partial charge in [-0.05, 0) is 24.3 Å². The topological polar surface area (TPSA) is 140 Å². The molecule has 5 N–H and O–H groups in total. The maximum atomic E-state index is 8.79. The number of nitrogens with zero attached hydrogens (tertiary/aromatic N) is 3. The van der Waals surface area contributed by atoms with Crippen LogP contribution in [0.5, 0.6) is 17.2 Å². The van der Waals surface area contributed by atoms with Gasteiger partial charge in [-0.25, -0.2) is 4.99 Å². The minimum atomic E-state index is -0.0443. The van der Waals surface area contributed by atoms with Gasteiger partial charge in [-0.3, -0.25) is 0 Å². The number of nitrogens with two attached hydrogens (primary N) is 2. The highest BCUT2D eigenvalue weighted by Crippen LogP contribution is 2.39. The summed E-state index contributed by atoms with van der Waals surface area (Å²) in [5.41, 5.74) is 13.3. The highest BCUT2D eigenvalue weighted by molar-refractivity contribution is 6.01. The van der Waals surface area contributed by atoms with Crippen LogP contribution < -0.4 is 31.0 Å². The van der Waals surface area contributed by atoms with Crippen LogP contribution in [0.1, 0.15) is 5.56 Å². The van der Waals surface area contributed by atoms with Gasteiger partial charge in [0, 0.05) is 17.8 Å². The van der Waals surface area contributed by atoms with Crippen LogP contribution in [0, 0.1) is 11.3 Å². The van der Waals surface area contributed by atoms with E-state index in [9.17, 15) is 0 Å².